The van der Waals surface area contributed by atoms with Crippen LogP contribution < -0.4 is 10.6 Å². The zero-order valence-electron chi connectivity index (χ0n) is 18.6. The summed E-state index contributed by atoms with van der Waals surface area (Å²) in [7, 11) is 0. The van der Waals surface area contributed by atoms with Gasteiger partial charge in [0.2, 0.25) is 5.91 Å². The maximum Gasteiger partial charge on any atom is 0.352 e. The number of carbonyl (C=O) groups excluding carboxylic acids is 4. The number of hydrogen-bond acceptors (Lipinski definition) is 10. The largest absolute Gasteiger partial charge is 0.477 e. The van der Waals surface area contributed by atoms with E-state index in [4.69, 9.17) is 0 Å². The van der Waals surface area contributed by atoms with Gasteiger partial charge in [-0.2, -0.15) is 0 Å². The van der Waals surface area contributed by atoms with Gasteiger partial charge in [0.25, 0.3) is 11.8 Å². The number of carboxylic acids is 1. The fourth-order valence-electron chi connectivity index (χ4n) is 3.49. The van der Waals surface area contributed by atoms with Crippen LogP contribution >= 0.6 is 23.1 Å². The molecule has 0 radical (unpaired) electrons. The van der Waals surface area contributed by atoms with Gasteiger partial charge in [-0.3, -0.25) is 19.3 Å². The highest BCUT2D eigenvalue weighted by molar-refractivity contribution is 8.01. The molecular formula is C20H21N5O7S2. The van der Waals surface area contributed by atoms with Gasteiger partial charge in [0, 0.05) is 25.0 Å². The summed E-state index contributed by atoms with van der Waals surface area (Å²) in [5.74, 6) is -3.71. The van der Waals surface area contributed by atoms with Gasteiger partial charge >= 0.3 is 11.9 Å². The number of carboxylic acid groups (broad SMARTS) is 1. The van der Waals surface area contributed by atoms with Gasteiger partial charge < -0.3 is 20.6 Å². The minimum Gasteiger partial charge on any atom is -0.477 e. The first kappa shape index (κ1) is 25.1. The van der Waals surface area contributed by atoms with E-state index in [1.54, 1.807) is 6.92 Å². The van der Waals surface area contributed by atoms with Crippen molar-refractivity contribution in [3.63, 3.8) is 0 Å². The fraction of sp³-hybridized carbons (Fsp3) is 0.350. The number of thiazole rings is 1. The molecule has 0 saturated carbocycles. The van der Waals surface area contributed by atoms with E-state index >= 15 is 0 Å². The molecule has 0 unspecified atom stereocenters. The summed E-state index contributed by atoms with van der Waals surface area (Å²) in [4.78, 5) is 69.5. The predicted octanol–water partition coefficient (Wildman–Crippen LogP) is 1.07. The van der Waals surface area contributed by atoms with Crippen molar-refractivity contribution < 1.29 is 33.9 Å². The number of fused-ring (bicyclic) bond motifs is 1. The molecule has 2 aliphatic rings. The van der Waals surface area contributed by atoms with E-state index in [1.807, 2.05) is 0 Å². The van der Waals surface area contributed by atoms with Crippen LogP contribution in [0.3, 0.4) is 0 Å². The summed E-state index contributed by atoms with van der Waals surface area (Å²) in [6.45, 7) is 9.11. The lowest BCUT2D eigenvalue weighted by Gasteiger charge is -2.63. The Balaban J connectivity index is 1.94. The van der Waals surface area contributed by atoms with E-state index in [2.05, 4.69) is 32.2 Å². The Morgan fingerprint density at radius 3 is 2.56 bits per heavy atom. The molecule has 14 heteroatoms. The van der Waals surface area contributed by atoms with Crippen LogP contribution in [0.15, 0.2) is 34.5 Å². The average molecular weight is 508 g/mol. The SMILES string of the molecule is C=CC1=C(C(=O)O)N2C(=O)[C@@](C)(NC(=O)/C(=N\OC(C)=O)c3csc(NC(C)=O)n3)[C@@]2(C)SC1. The second-order valence-corrected chi connectivity index (χ2v) is 9.85. The molecular weight excluding hydrogens is 486 g/mol. The number of anilines is 1. The maximum absolute atomic E-state index is 13.2. The number of thioether (sulfide) groups is 1. The summed E-state index contributed by atoms with van der Waals surface area (Å²) in [6, 6.07) is 0. The number of carbonyl (C=O) groups is 5. The zero-order chi connectivity index (χ0) is 25.4. The molecule has 2 atom stereocenters. The van der Waals surface area contributed by atoms with Crippen LogP contribution in [0.4, 0.5) is 5.13 Å². The van der Waals surface area contributed by atoms with Gasteiger partial charge in [-0.25, -0.2) is 14.6 Å². The van der Waals surface area contributed by atoms with Gasteiger partial charge in [0.05, 0.1) is 0 Å². The highest BCUT2D eigenvalue weighted by Crippen LogP contribution is 2.54. The third-order valence-electron chi connectivity index (χ3n) is 5.34. The highest BCUT2D eigenvalue weighted by atomic mass is 32.2. The van der Waals surface area contributed by atoms with Gasteiger partial charge in [-0.05, 0) is 19.4 Å². The molecule has 0 aliphatic carbocycles. The van der Waals surface area contributed by atoms with Gasteiger partial charge in [0.15, 0.2) is 10.8 Å². The molecule has 1 fully saturated rings. The van der Waals surface area contributed by atoms with E-state index < -0.39 is 39.9 Å². The summed E-state index contributed by atoms with van der Waals surface area (Å²) in [6.07, 6.45) is 1.39. The second kappa shape index (κ2) is 9.02. The van der Waals surface area contributed by atoms with Crippen LogP contribution in [0, 0.1) is 0 Å². The molecule has 3 heterocycles. The van der Waals surface area contributed by atoms with Crippen molar-refractivity contribution in [1.29, 1.82) is 0 Å². The Morgan fingerprint density at radius 1 is 1.32 bits per heavy atom. The van der Waals surface area contributed by atoms with E-state index in [1.165, 1.54) is 37.1 Å². The molecule has 3 amide bonds. The maximum atomic E-state index is 13.2. The van der Waals surface area contributed by atoms with E-state index in [0.29, 0.717) is 5.57 Å². The average Bonchev–Trinajstić information content (AvgIpc) is 3.19. The van der Waals surface area contributed by atoms with Crippen LogP contribution in [0.1, 0.15) is 33.4 Å². The molecule has 34 heavy (non-hydrogen) atoms. The number of amides is 3. The van der Waals surface area contributed by atoms with Crippen molar-refractivity contribution in [2.75, 3.05) is 11.1 Å². The fourth-order valence-corrected chi connectivity index (χ4v) is 5.65. The monoisotopic (exact) mass is 507 g/mol. The van der Waals surface area contributed by atoms with Gasteiger partial charge in [0.1, 0.15) is 21.8 Å². The Morgan fingerprint density at radius 2 is 2.00 bits per heavy atom. The van der Waals surface area contributed by atoms with Crippen LogP contribution in [0.25, 0.3) is 0 Å². The summed E-state index contributed by atoms with van der Waals surface area (Å²) >= 11 is 2.29. The summed E-state index contributed by atoms with van der Waals surface area (Å²) < 4.78 is 0. The first-order valence-electron chi connectivity index (χ1n) is 9.74. The van der Waals surface area contributed by atoms with Crippen molar-refractivity contribution >= 4 is 63.6 Å². The van der Waals surface area contributed by atoms with Crippen molar-refractivity contribution in [3.05, 3.63) is 35.0 Å². The molecule has 1 saturated heterocycles. The first-order valence-corrected chi connectivity index (χ1v) is 11.6. The van der Waals surface area contributed by atoms with Gasteiger partial charge in [-0.1, -0.05) is 17.8 Å². The lowest BCUT2D eigenvalue weighted by atomic mass is 9.79. The molecule has 0 spiro atoms. The number of oxime groups is 1. The van der Waals surface area contributed by atoms with Crippen LogP contribution in [0.2, 0.25) is 0 Å². The number of β-lactam (4-membered cyclic amide) rings is 1. The molecule has 2 aliphatic heterocycles. The van der Waals surface area contributed by atoms with Crippen LogP contribution in [-0.2, 0) is 28.8 Å². The van der Waals surface area contributed by atoms with E-state index in [-0.39, 0.29) is 28.2 Å². The Labute approximate surface area is 202 Å². The number of hydrogen-bond donors (Lipinski definition) is 3. The minimum atomic E-state index is -1.52. The first-order chi connectivity index (χ1) is 15.9. The van der Waals surface area contributed by atoms with Crippen LogP contribution in [0.5, 0.6) is 0 Å². The smallest absolute Gasteiger partial charge is 0.352 e. The van der Waals surface area contributed by atoms with Crippen molar-refractivity contribution in [2.24, 2.45) is 5.16 Å². The molecule has 1 aromatic rings. The third kappa shape index (κ3) is 4.09. The summed E-state index contributed by atoms with van der Waals surface area (Å²) in [5.41, 5.74) is -1.72. The lowest BCUT2D eigenvalue weighted by molar-refractivity contribution is -0.165. The quantitative estimate of drug-likeness (QED) is 0.212. The Bertz CT molecular complexity index is 1190. The van der Waals surface area contributed by atoms with Gasteiger partial charge in [-0.15, -0.1) is 23.1 Å². The minimum absolute atomic E-state index is 0.00115. The summed E-state index contributed by atoms with van der Waals surface area (Å²) in [5, 5.41) is 19.9. The zero-order valence-corrected chi connectivity index (χ0v) is 20.3. The van der Waals surface area contributed by atoms with Crippen molar-refractivity contribution in [3.8, 4) is 0 Å². The molecule has 0 bridgehead atoms. The Kier molecular flexibility index (Phi) is 6.66. The van der Waals surface area contributed by atoms with E-state index in [9.17, 15) is 29.1 Å². The molecule has 180 valence electrons. The predicted molar refractivity (Wildman–Crippen MR) is 124 cm³/mol. The Hall–Kier alpha value is -3.52. The number of allylic oxidation sites excluding steroid dienone is 1. The second-order valence-electron chi connectivity index (χ2n) is 7.62. The van der Waals surface area contributed by atoms with Crippen molar-refractivity contribution in [1.82, 2.24) is 15.2 Å². The number of aliphatic carboxylic acids is 1. The lowest BCUT2D eigenvalue weighted by Crippen LogP contribution is -2.85. The number of nitrogens with one attached hydrogen (secondary N) is 2. The van der Waals surface area contributed by atoms with E-state index in [0.717, 1.165) is 23.2 Å². The topological polar surface area (TPSA) is 167 Å². The molecule has 3 rings (SSSR count). The highest BCUT2D eigenvalue weighted by Gasteiger charge is 2.70. The van der Waals surface area contributed by atoms with Crippen LogP contribution in [-0.4, -0.2) is 66.5 Å². The molecule has 0 aromatic carbocycles. The number of nitrogens with zero attached hydrogens (tertiary/aromatic N) is 3. The standard InChI is InChI=1S/C20H21N5O7S2/c1-6-11-7-34-20(5)19(4,17(31)25(20)14(11)16(29)30)23-15(28)13(24-32-10(3)27)12-8-33-18(22-12)21-9(2)26/h6,8H,1,7H2,2-5H3,(H,23,28)(H,29,30)(H,21,22,26)/b24-13-/t19-,20-/m1/s1. The third-order valence-corrected chi connectivity index (χ3v) is 7.71. The number of aromatic nitrogens is 1. The molecule has 1 aromatic heterocycles. The van der Waals surface area contributed by atoms with Crippen molar-refractivity contribution in [2.45, 2.75) is 38.1 Å². The molecule has 12 nitrogen and oxygen atoms in total. The number of rotatable bonds is 7. The normalized spacial score (nSPS) is 24.1. The molecule has 3 N–H and O–H groups in total.